The maximum Gasteiger partial charge on any atom is 0.340 e. The minimum atomic E-state index is -0.823. The van der Waals surface area contributed by atoms with Crippen LogP contribution in [0.1, 0.15) is 17.3 Å². The summed E-state index contributed by atoms with van der Waals surface area (Å²) >= 11 is 0. The fourth-order valence-corrected chi connectivity index (χ4v) is 2.13. The van der Waals surface area contributed by atoms with Gasteiger partial charge in [0.25, 0.3) is 5.91 Å². The van der Waals surface area contributed by atoms with Crippen molar-refractivity contribution < 1.29 is 23.1 Å². The van der Waals surface area contributed by atoms with E-state index in [1.54, 1.807) is 6.92 Å². The molecule has 7 heteroatoms. The number of esters is 1. The number of amides is 1. The Balaban J connectivity index is 2.03. The molecule has 0 fully saturated rings. The van der Waals surface area contributed by atoms with Crippen molar-refractivity contribution in [1.82, 2.24) is 0 Å². The highest BCUT2D eigenvalue weighted by Crippen LogP contribution is 2.17. The van der Waals surface area contributed by atoms with Crippen LogP contribution < -0.4 is 10.6 Å². The van der Waals surface area contributed by atoms with E-state index in [4.69, 9.17) is 10.5 Å². The Kier molecular flexibility index (Phi) is 5.47. The molecule has 0 saturated carbocycles. The van der Waals surface area contributed by atoms with Gasteiger partial charge in [0.15, 0.2) is 6.61 Å². The van der Waals surface area contributed by atoms with Gasteiger partial charge in [0.1, 0.15) is 11.6 Å². The molecule has 0 aromatic heterocycles. The van der Waals surface area contributed by atoms with E-state index < -0.39 is 30.1 Å². The molecule has 0 spiro atoms. The smallest absolute Gasteiger partial charge is 0.340 e. The molecule has 0 radical (unpaired) electrons. The van der Waals surface area contributed by atoms with Gasteiger partial charge in [-0.15, -0.1) is 0 Å². The summed E-state index contributed by atoms with van der Waals surface area (Å²) in [5, 5.41) is 0. The molecule has 0 aliphatic rings. The number of carbonyl (C=O) groups excluding carboxylic acids is 2. The summed E-state index contributed by atoms with van der Waals surface area (Å²) in [6, 6.07) is 8.63. The molecule has 5 nitrogen and oxygen atoms in total. The SMILES string of the molecule is CCN(C(=O)COC(=O)c1ccc(F)cc1N)c1ccc(F)cc1. The van der Waals surface area contributed by atoms with E-state index >= 15 is 0 Å². The average Bonchev–Trinajstić information content (AvgIpc) is 2.55. The van der Waals surface area contributed by atoms with Crippen LogP contribution in [0.15, 0.2) is 42.5 Å². The van der Waals surface area contributed by atoms with Gasteiger partial charge in [-0.2, -0.15) is 0 Å². The molecule has 0 aliphatic heterocycles. The van der Waals surface area contributed by atoms with Gasteiger partial charge in [0.05, 0.1) is 5.56 Å². The molecule has 2 N–H and O–H groups in total. The van der Waals surface area contributed by atoms with Crippen LogP contribution in [-0.2, 0) is 9.53 Å². The standard InChI is InChI=1S/C17H16F2N2O3/c1-2-21(13-6-3-11(18)4-7-13)16(22)10-24-17(23)14-8-5-12(19)9-15(14)20/h3-9H,2,10,20H2,1H3. The number of anilines is 2. The Morgan fingerprint density at radius 3 is 2.29 bits per heavy atom. The van der Waals surface area contributed by atoms with Gasteiger partial charge < -0.3 is 15.4 Å². The maximum atomic E-state index is 13.0. The van der Waals surface area contributed by atoms with E-state index in [0.29, 0.717) is 12.2 Å². The number of carbonyl (C=O) groups is 2. The zero-order chi connectivity index (χ0) is 17.7. The number of nitrogens with zero attached hydrogens (tertiary/aromatic N) is 1. The minimum absolute atomic E-state index is 0.0194. The van der Waals surface area contributed by atoms with Crippen LogP contribution in [0.4, 0.5) is 20.2 Å². The second-order valence-electron chi connectivity index (χ2n) is 4.92. The third kappa shape index (κ3) is 4.07. The zero-order valence-corrected chi connectivity index (χ0v) is 13.0. The van der Waals surface area contributed by atoms with Gasteiger partial charge in [0, 0.05) is 17.9 Å². The summed E-state index contributed by atoms with van der Waals surface area (Å²) in [6.07, 6.45) is 0. The second-order valence-corrected chi connectivity index (χ2v) is 4.92. The number of nitrogen functional groups attached to an aromatic ring is 1. The molecule has 0 saturated heterocycles. The highest BCUT2D eigenvalue weighted by molar-refractivity contribution is 5.99. The Bertz CT molecular complexity index is 748. The molecule has 2 aromatic carbocycles. The monoisotopic (exact) mass is 334 g/mol. The predicted octanol–water partition coefficient (Wildman–Crippen LogP) is 2.76. The largest absolute Gasteiger partial charge is 0.452 e. The Hall–Kier alpha value is -2.96. The highest BCUT2D eigenvalue weighted by Gasteiger charge is 2.18. The molecule has 24 heavy (non-hydrogen) atoms. The fourth-order valence-electron chi connectivity index (χ4n) is 2.13. The van der Waals surface area contributed by atoms with Crippen LogP contribution >= 0.6 is 0 Å². The molecular weight excluding hydrogens is 318 g/mol. The minimum Gasteiger partial charge on any atom is -0.452 e. The van der Waals surface area contributed by atoms with Crippen molar-refractivity contribution in [2.75, 3.05) is 23.8 Å². The lowest BCUT2D eigenvalue weighted by molar-refractivity contribution is -0.121. The molecule has 0 heterocycles. The fraction of sp³-hybridized carbons (Fsp3) is 0.176. The Labute approximate surface area is 137 Å². The van der Waals surface area contributed by atoms with Crippen molar-refractivity contribution in [1.29, 1.82) is 0 Å². The van der Waals surface area contributed by atoms with Crippen molar-refractivity contribution >= 4 is 23.3 Å². The van der Waals surface area contributed by atoms with Crippen LogP contribution in [0.5, 0.6) is 0 Å². The number of hydrogen-bond donors (Lipinski definition) is 1. The third-order valence-corrected chi connectivity index (χ3v) is 3.32. The molecule has 126 valence electrons. The summed E-state index contributed by atoms with van der Waals surface area (Å²) in [6.45, 7) is 1.54. The third-order valence-electron chi connectivity index (χ3n) is 3.32. The van der Waals surface area contributed by atoms with Gasteiger partial charge in [0.2, 0.25) is 0 Å². The average molecular weight is 334 g/mol. The second kappa shape index (κ2) is 7.54. The lowest BCUT2D eigenvalue weighted by Crippen LogP contribution is -2.34. The number of ether oxygens (including phenoxy) is 1. The number of halogens is 2. The van der Waals surface area contributed by atoms with E-state index in [-0.39, 0.29) is 11.3 Å². The van der Waals surface area contributed by atoms with Gasteiger partial charge in [-0.3, -0.25) is 4.79 Å². The first-order chi connectivity index (χ1) is 11.4. The highest BCUT2D eigenvalue weighted by atomic mass is 19.1. The van der Waals surface area contributed by atoms with Crippen molar-refractivity contribution in [3.05, 3.63) is 59.7 Å². The zero-order valence-electron chi connectivity index (χ0n) is 13.0. The molecule has 0 aliphatic carbocycles. The molecule has 2 aromatic rings. The summed E-state index contributed by atoms with van der Waals surface area (Å²) < 4.78 is 30.9. The van der Waals surface area contributed by atoms with E-state index in [1.807, 2.05) is 0 Å². The van der Waals surface area contributed by atoms with E-state index in [2.05, 4.69) is 0 Å². The summed E-state index contributed by atoms with van der Waals surface area (Å²) in [7, 11) is 0. The first-order valence-electron chi connectivity index (χ1n) is 7.20. The van der Waals surface area contributed by atoms with Crippen LogP contribution in [0.2, 0.25) is 0 Å². The van der Waals surface area contributed by atoms with E-state index in [1.165, 1.54) is 35.2 Å². The van der Waals surface area contributed by atoms with Crippen LogP contribution in [0, 0.1) is 11.6 Å². The maximum absolute atomic E-state index is 13.0. The first-order valence-corrected chi connectivity index (χ1v) is 7.20. The lowest BCUT2D eigenvalue weighted by Gasteiger charge is -2.21. The number of rotatable bonds is 5. The van der Waals surface area contributed by atoms with Gasteiger partial charge in [-0.1, -0.05) is 0 Å². The Morgan fingerprint density at radius 1 is 1.08 bits per heavy atom. The molecule has 2 rings (SSSR count). The van der Waals surface area contributed by atoms with Gasteiger partial charge in [-0.25, -0.2) is 13.6 Å². The first kappa shape index (κ1) is 17.4. The van der Waals surface area contributed by atoms with Gasteiger partial charge >= 0.3 is 5.97 Å². The number of nitrogens with two attached hydrogens (primary N) is 1. The molecule has 0 bridgehead atoms. The molecule has 0 unspecified atom stereocenters. The van der Waals surface area contributed by atoms with E-state index in [0.717, 1.165) is 12.1 Å². The molecular formula is C17H16F2N2O3. The lowest BCUT2D eigenvalue weighted by atomic mass is 10.2. The Morgan fingerprint density at radius 2 is 1.71 bits per heavy atom. The van der Waals surface area contributed by atoms with Crippen molar-refractivity contribution in [3.63, 3.8) is 0 Å². The number of likely N-dealkylation sites (N-methyl/N-ethyl adjacent to an activating group) is 1. The predicted molar refractivity (Wildman–Crippen MR) is 85.5 cm³/mol. The van der Waals surface area contributed by atoms with Crippen LogP contribution in [0.3, 0.4) is 0 Å². The normalized spacial score (nSPS) is 10.3. The molecule has 0 atom stereocenters. The number of hydrogen-bond acceptors (Lipinski definition) is 4. The quantitative estimate of drug-likeness (QED) is 0.674. The summed E-state index contributed by atoms with van der Waals surface area (Å²) in [5.41, 5.74) is 5.95. The molecule has 1 amide bonds. The van der Waals surface area contributed by atoms with Crippen LogP contribution in [-0.4, -0.2) is 25.0 Å². The van der Waals surface area contributed by atoms with Gasteiger partial charge in [-0.05, 0) is 49.4 Å². The van der Waals surface area contributed by atoms with E-state index in [9.17, 15) is 18.4 Å². The summed E-state index contributed by atoms with van der Waals surface area (Å²) in [4.78, 5) is 25.5. The van der Waals surface area contributed by atoms with Crippen molar-refractivity contribution in [2.45, 2.75) is 6.92 Å². The topological polar surface area (TPSA) is 72.6 Å². The van der Waals surface area contributed by atoms with Crippen molar-refractivity contribution in [3.8, 4) is 0 Å². The van der Waals surface area contributed by atoms with Crippen LogP contribution in [0.25, 0.3) is 0 Å². The summed E-state index contributed by atoms with van der Waals surface area (Å²) in [5.74, 6) is -2.29. The van der Waals surface area contributed by atoms with Crippen molar-refractivity contribution in [2.24, 2.45) is 0 Å². The number of benzene rings is 2.